The minimum absolute atomic E-state index is 0.0917. The normalized spacial score (nSPS) is 28.2. The quantitative estimate of drug-likeness (QED) is 0.326. The maximum absolute atomic E-state index is 10.9. The largest absolute Gasteiger partial charge is 0.452 e. The van der Waals surface area contributed by atoms with Crippen LogP contribution >= 0.6 is 0 Å². The van der Waals surface area contributed by atoms with Crippen LogP contribution in [-0.4, -0.2) is 77.5 Å². The molecule has 32 heavy (non-hydrogen) atoms. The Hall–Kier alpha value is -2.60. The summed E-state index contributed by atoms with van der Waals surface area (Å²) in [5, 5.41) is 59.5. The van der Waals surface area contributed by atoms with Gasteiger partial charge in [0, 0.05) is 0 Å². The first kappa shape index (κ1) is 22.6. The average molecular weight is 445 g/mol. The summed E-state index contributed by atoms with van der Waals surface area (Å²) in [6.45, 7) is 3.58. The van der Waals surface area contributed by atoms with E-state index in [0.29, 0.717) is 17.6 Å². The molecule has 10 nitrogen and oxygen atoms in total. The molecule has 1 aliphatic rings. The number of fused-ring (bicyclic) bond motifs is 1. The molecule has 5 atom stereocenters. The molecule has 2 aromatic carbocycles. The Morgan fingerprint density at radius 1 is 1.12 bits per heavy atom. The standard InChI is InChI=1S/C22H27N3O7/c1-3-13-4-6-14(7-5-13)10-25-18-15(23-24-25)8-12(2)9-16(18)32-22(30)20(28)19(27)17(11-26)31-21(22)29/h4-9,17,19-21,26-30H,3,10-11H2,1-2H3/t17-,19-,20+,21+,22+/m1/s1. The summed E-state index contributed by atoms with van der Waals surface area (Å²) in [4.78, 5) is 0. The number of ether oxygens (including phenoxy) is 2. The van der Waals surface area contributed by atoms with E-state index < -0.39 is 37.0 Å². The monoisotopic (exact) mass is 445 g/mol. The maximum Gasteiger partial charge on any atom is 0.288 e. The van der Waals surface area contributed by atoms with Crippen molar-refractivity contribution in [1.29, 1.82) is 0 Å². The molecule has 2 heterocycles. The second-order valence-electron chi connectivity index (χ2n) is 8.05. The van der Waals surface area contributed by atoms with Crippen LogP contribution in [-0.2, 0) is 17.7 Å². The lowest BCUT2D eigenvalue weighted by molar-refractivity contribution is -0.385. The van der Waals surface area contributed by atoms with Crippen molar-refractivity contribution in [2.45, 2.75) is 57.2 Å². The van der Waals surface area contributed by atoms with Crippen LogP contribution in [0.3, 0.4) is 0 Å². The smallest absolute Gasteiger partial charge is 0.288 e. The van der Waals surface area contributed by atoms with E-state index in [0.717, 1.165) is 17.5 Å². The molecule has 0 unspecified atom stereocenters. The van der Waals surface area contributed by atoms with Crippen molar-refractivity contribution in [3.05, 3.63) is 53.1 Å². The third-order valence-corrected chi connectivity index (χ3v) is 5.72. The van der Waals surface area contributed by atoms with Crippen LogP contribution in [0, 0.1) is 6.92 Å². The molecule has 1 aliphatic heterocycles. The zero-order chi connectivity index (χ0) is 23.0. The Labute approximate surface area is 184 Å². The molecule has 0 radical (unpaired) electrons. The highest BCUT2D eigenvalue weighted by molar-refractivity contribution is 5.82. The van der Waals surface area contributed by atoms with E-state index >= 15 is 0 Å². The van der Waals surface area contributed by atoms with Crippen molar-refractivity contribution >= 4 is 11.0 Å². The molecular formula is C22H27N3O7. The first-order chi connectivity index (χ1) is 15.3. The number of hydrogen-bond acceptors (Lipinski definition) is 9. The predicted molar refractivity (Wildman–Crippen MR) is 113 cm³/mol. The molecule has 172 valence electrons. The van der Waals surface area contributed by atoms with Gasteiger partial charge in [0.1, 0.15) is 23.2 Å². The first-order valence-corrected chi connectivity index (χ1v) is 10.4. The highest BCUT2D eigenvalue weighted by Gasteiger charge is 2.57. The van der Waals surface area contributed by atoms with Gasteiger partial charge in [-0.3, -0.25) is 0 Å². The summed E-state index contributed by atoms with van der Waals surface area (Å²) in [5.41, 5.74) is 3.84. The van der Waals surface area contributed by atoms with Gasteiger partial charge in [-0.2, -0.15) is 0 Å². The van der Waals surface area contributed by atoms with Crippen LogP contribution in [0.4, 0.5) is 0 Å². The molecule has 1 saturated heterocycles. The Morgan fingerprint density at radius 3 is 2.47 bits per heavy atom. The van der Waals surface area contributed by atoms with Gasteiger partial charge in [-0.15, -0.1) is 5.10 Å². The van der Waals surface area contributed by atoms with Crippen molar-refractivity contribution in [3.63, 3.8) is 0 Å². The van der Waals surface area contributed by atoms with Gasteiger partial charge in [0.2, 0.25) is 6.29 Å². The number of benzene rings is 2. The third kappa shape index (κ3) is 3.96. The number of aliphatic hydroxyl groups is 5. The molecule has 4 rings (SSSR count). The minimum atomic E-state index is -2.69. The fraction of sp³-hybridized carbons (Fsp3) is 0.455. The number of hydrogen-bond donors (Lipinski definition) is 5. The lowest BCUT2D eigenvalue weighted by atomic mass is 9.96. The fourth-order valence-electron chi connectivity index (χ4n) is 3.83. The lowest BCUT2D eigenvalue weighted by Gasteiger charge is -2.45. The number of aryl methyl sites for hydroxylation is 2. The fourth-order valence-corrected chi connectivity index (χ4v) is 3.83. The van der Waals surface area contributed by atoms with Crippen molar-refractivity contribution in [2.24, 2.45) is 0 Å². The highest BCUT2D eigenvalue weighted by atomic mass is 16.7. The summed E-state index contributed by atoms with van der Waals surface area (Å²) in [7, 11) is 0. The first-order valence-electron chi connectivity index (χ1n) is 10.4. The van der Waals surface area contributed by atoms with Gasteiger partial charge in [-0.25, -0.2) is 4.68 Å². The van der Waals surface area contributed by atoms with E-state index in [2.05, 4.69) is 17.2 Å². The van der Waals surface area contributed by atoms with Crippen molar-refractivity contribution < 1.29 is 35.0 Å². The second kappa shape index (κ2) is 8.74. The van der Waals surface area contributed by atoms with Crippen LogP contribution in [0.1, 0.15) is 23.6 Å². The lowest BCUT2D eigenvalue weighted by Crippen LogP contribution is -2.69. The van der Waals surface area contributed by atoms with Crippen LogP contribution in [0.15, 0.2) is 36.4 Å². The maximum atomic E-state index is 10.9. The highest BCUT2D eigenvalue weighted by Crippen LogP contribution is 2.35. The topological polar surface area (TPSA) is 150 Å². The molecule has 5 N–H and O–H groups in total. The van der Waals surface area contributed by atoms with Crippen LogP contribution in [0.2, 0.25) is 0 Å². The van der Waals surface area contributed by atoms with Gasteiger partial charge in [-0.05, 0) is 42.2 Å². The summed E-state index contributed by atoms with van der Waals surface area (Å²) in [5.74, 6) is -2.60. The van der Waals surface area contributed by atoms with Gasteiger partial charge in [0.05, 0.1) is 13.2 Å². The van der Waals surface area contributed by atoms with E-state index in [1.54, 1.807) is 23.7 Å². The molecule has 0 bridgehead atoms. The number of rotatable bonds is 6. The number of nitrogens with zero attached hydrogens (tertiary/aromatic N) is 3. The molecular weight excluding hydrogens is 418 g/mol. The van der Waals surface area contributed by atoms with E-state index in [1.807, 2.05) is 24.3 Å². The molecule has 0 spiro atoms. The molecule has 3 aromatic rings. The summed E-state index contributed by atoms with van der Waals surface area (Å²) in [6, 6.07) is 11.4. The van der Waals surface area contributed by atoms with Crippen molar-refractivity contribution in [1.82, 2.24) is 15.0 Å². The predicted octanol–water partition coefficient (Wildman–Crippen LogP) is -0.151. The summed E-state index contributed by atoms with van der Waals surface area (Å²) >= 11 is 0. The van der Waals surface area contributed by atoms with Gasteiger partial charge in [0.25, 0.3) is 5.79 Å². The Morgan fingerprint density at radius 2 is 1.81 bits per heavy atom. The Balaban J connectivity index is 1.71. The molecule has 0 amide bonds. The molecule has 0 aliphatic carbocycles. The molecule has 1 fully saturated rings. The van der Waals surface area contributed by atoms with E-state index in [-0.39, 0.29) is 5.75 Å². The summed E-state index contributed by atoms with van der Waals surface area (Å²) < 4.78 is 12.3. The van der Waals surface area contributed by atoms with Crippen LogP contribution in [0.25, 0.3) is 11.0 Å². The zero-order valence-corrected chi connectivity index (χ0v) is 17.8. The number of aromatic nitrogens is 3. The summed E-state index contributed by atoms with van der Waals surface area (Å²) in [6.07, 6.45) is -6.02. The van der Waals surface area contributed by atoms with Gasteiger partial charge < -0.3 is 35.0 Å². The van der Waals surface area contributed by atoms with E-state index in [9.17, 15) is 25.5 Å². The van der Waals surface area contributed by atoms with E-state index in [4.69, 9.17) is 9.47 Å². The van der Waals surface area contributed by atoms with Crippen LogP contribution < -0.4 is 4.74 Å². The average Bonchev–Trinajstić information content (AvgIpc) is 3.18. The van der Waals surface area contributed by atoms with E-state index in [1.165, 1.54) is 5.56 Å². The minimum Gasteiger partial charge on any atom is -0.452 e. The third-order valence-electron chi connectivity index (χ3n) is 5.72. The second-order valence-corrected chi connectivity index (χ2v) is 8.05. The SMILES string of the molecule is CCc1ccc(Cn2nnc3cc(C)cc(O[C@]4(O)[C@@H](O)O[C@H](CO)[C@@H](O)[C@@H]4O)c32)cc1. The van der Waals surface area contributed by atoms with Crippen molar-refractivity contribution in [2.75, 3.05) is 6.61 Å². The van der Waals surface area contributed by atoms with Gasteiger partial charge in [0.15, 0.2) is 11.9 Å². The zero-order valence-electron chi connectivity index (χ0n) is 17.8. The number of aliphatic hydroxyl groups excluding tert-OH is 4. The Kier molecular flexibility index (Phi) is 6.17. The van der Waals surface area contributed by atoms with Crippen LogP contribution in [0.5, 0.6) is 5.75 Å². The molecule has 0 saturated carbocycles. The molecule has 1 aromatic heterocycles. The molecule has 10 heteroatoms. The van der Waals surface area contributed by atoms with Gasteiger partial charge in [-0.1, -0.05) is 36.4 Å². The van der Waals surface area contributed by atoms with Gasteiger partial charge >= 0.3 is 0 Å². The Bertz CT molecular complexity index is 1090. The van der Waals surface area contributed by atoms with Crippen molar-refractivity contribution in [3.8, 4) is 5.75 Å².